The molecule has 0 bridgehead atoms. The molecule has 0 heterocycles. The SMILES string of the molecule is COC(=O)C#CCC/C1=C/CCCCCC1. The van der Waals surface area contributed by atoms with Crippen LogP contribution in [0.3, 0.4) is 0 Å². The maximum absolute atomic E-state index is 10.8. The van der Waals surface area contributed by atoms with Crippen LogP contribution in [-0.2, 0) is 9.53 Å². The first-order chi connectivity index (χ1) is 7.83. The van der Waals surface area contributed by atoms with Crippen molar-refractivity contribution in [2.45, 2.75) is 51.4 Å². The highest BCUT2D eigenvalue weighted by atomic mass is 16.5. The van der Waals surface area contributed by atoms with E-state index in [4.69, 9.17) is 0 Å². The number of hydrogen-bond donors (Lipinski definition) is 0. The third-order valence-electron chi connectivity index (χ3n) is 2.83. The van der Waals surface area contributed by atoms with Crippen molar-refractivity contribution in [2.75, 3.05) is 7.11 Å². The second-order valence-electron chi connectivity index (χ2n) is 4.11. The Labute approximate surface area is 98.1 Å². The lowest BCUT2D eigenvalue weighted by molar-refractivity contribution is -0.133. The first-order valence-corrected chi connectivity index (χ1v) is 6.07. The minimum atomic E-state index is -0.438. The van der Waals surface area contributed by atoms with Gasteiger partial charge in [0, 0.05) is 12.3 Å². The Balaban J connectivity index is 2.29. The van der Waals surface area contributed by atoms with E-state index in [1.54, 1.807) is 0 Å². The van der Waals surface area contributed by atoms with Crippen LogP contribution >= 0.6 is 0 Å². The summed E-state index contributed by atoms with van der Waals surface area (Å²) in [6.07, 6.45) is 11.9. The predicted molar refractivity (Wildman–Crippen MR) is 64.8 cm³/mol. The summed E-state index contributed by atoms with van der Waals surface area (Å²) in [5, 5.41) is 0. The van der Waals surface area contributed by atoms with Crippen molar-refractivity contribution in [3.8, 4) is 11.8 Å². The molecule has 2 heteroatoms. The minimum Gasteiger partial charge on any atom is -0.459 e. The third kappa shape index (κ3) is 5.60. The summed E-state index contributed by atoms with van der Waals surface area (Å²) in [6.45, 7) is 0. The standard InChI is InChI=1S/C14H20O2/c1-16-14(15)12-8-7-11-13-9-5-3-2-4-6-10-13/h9H,2-7,10-11H2,1H3/b13-9+. The number of allylic oxidation sites excluding steroid dienone is 2. The first kappa shape index (κ1) is 12.8. The molecule has 1 rings (SSSR count). The molecule has 0 fully saturated rings. The summed E-state index contributed by atoms with van der Waals surface area (Å²) >= 11 is 0. The summed E-state index contributed by atoms with van der Waals surface area (Å²) < 4.78 is 4.45. The van der Waals surface area contributed by atoms with E-state index in [-0.39, 0.29) is 0 Å². The van der Waals surface area contributed by atoms with Crippen LogP contribution in [0.5, 0.6) is 0 Å². The lowest BCUT2D eigenvalue weighted by atomic mass is 9.97. The van der Waals surface area contributed by atoms with Crippen LogP contribution in [0, 0.1) is 11.8 Å². The Kier molecular flexibility index (Phi) is 6.41. The van der Waals surface area contributed by atoms with Crippen molar-refractivity contribution < 1.29 is 9.53 Å². The summed E-state index contributed by atoms with van der Waals surface area (Å²) in [4.78, 5) is 10.8. The third-order valence-corrected chi connectivity index (χ3v) is 2.83. The molecule has 0 aliphatic heterocycles. The fourth-order valence-corrected chi connectivity index (χ4v) is 1.89. The zero-order valence-electron chi connectivity index (χ0n) is 10.1. The number of rotatable bonds is 2. The van der Waals surface area contributed by atoms with Crippen LogP contribution in [0.25, 0.3) is 0 Å². The number of esters is 1. The molecule has 0 N–H and O–H groups in total. The quantitative estimate of drug-likeness (QED) is 0.309. The van der Waals surface area contributed by atoms with E-state index in [1.165, 1.54) is 51.2 Å². The van der Waals surface area contributed by atoms with E-state index in [2.05, 4.69) is 22.7 Å². The van der Waals surface area contributed by atoms with Crippen molar-refractivity contribution in [2.24, 2.45) is 0 Å². The zero-order chi connectivity index (χ0) is 11.6. The molecular formula is C14H20O2. The van der Waals surface area contributed by atoms with Crippen LogP contribution < -0.4 is 0 Å². The molecule has 0 saturated heterocycles. The Morgan fingerprint density at radius 2 is 2.19 bits per heavy atom. The molecule has 0 aromatic carbocycles. The maximum atomic E-state index is 10.8. The van der Waals surface area contributed by atoms with Gasteiger partial charge in [0.15, 0.2) is 0 Å². The Morgan fingerprint density at radius 1 is 1.38 bits per heavy atom. The van der Waals surface area contributed by atoms with E-state index >= 15 is 0 Å². The summed E-state index contributed by atoms with van der Waals surface area (Å²) in [6, 6.07) is 0. The molecule has 0 saturated carbocycles. The minimum absolute atomic E-state index is 0.438. The van der Waals surface area contributed by atoms with Gasteiger partial charge in [-0.2, -0.15) is 0 Å². The lowest BCUT2D eigenvalue weighted by Gasteiger charge is -2.09. The normalized spacial score (nSPS) is 19.4. The van der Waals surface area contributed by atoms with Gasteiger partial charge in [0.1, 0.15) is 0 Å². The van der Waals surface area contributed by atoms with Gasteiger partial charge < -0.3 is 4.74 Å². The molecular weight excluding hydrogens is 200 g/mol. The molecule has 88 valence electrons. The van der Waals surface area contributed by atoms with Gasteiger partial charge in [-0.3, -0.25) is 0 Å². The van der Waals surface area contributed by atoms with Crippen molar-refractivity contribution >= 4 is 5.97 Å². The van der Waals surface area contributed by atoms with E-state index < -0.39 is 5.97 Å². The molecule has 0 atom stereocenters. The summed E-state index contributed by atoms with van der Waals surface area (Å²) in [5.74, 6) is 4.88. The summed E-state index contributed by atoms with van der Waals surface area (Å²) in [7, 11) is 1.36. The van der Waals surface area contributed by atoms with Gasteiger partial charge in [-0.15, -0.1) is 0 Å². The lowest BCUT2D eigenvalue weighted by Crippen LogP contribution is -1.94. The fraction of sp³-hybridized carbons (Fsp3) is 0.643. The molecule has 0 radical (unpaired) electrons. The molecule has 1 aliphatic carbocycles. The van der Waals surface area contributed by atoms with Gasteiger partial charge in [0.05, 0.1) is 7.11 Å². The average molecular weight is 220 g/mol. The van der Waals surface area contributed by atoms with Gasteiger partial charge >= 0.3 is 5.97 Å². The maximum Gasteiger partial charge on any atom is 0.384 e. The Bertz CT molecular complexity index is 304. The van der Waals surface area contributed by atoms with Gasteiger partial charge in [0.25, 0.3) is 0 Å². The topological polar surface area (TPSA) is 26.3 Å². The monoisotopic (exact) mass is 220 g/mol. The van der Waals surface area contributed by atoms with Crippen LogP contribution in [0.1, 0.15) is 51.4 Å². The molecule has 0 amide bonds. The number of hydrogen-bond acceptors (Lipinski definition) is 2. The highest BCUT2D eigenvalue weighted by Gasteiger charge is 2.01. The number of ether oxygens (including phenoxy) is 1. The highest BCUT2D eigenvalue weighted by molar-refractivity contribution is 5.88. The van der Waals surface area contributed by atoms with Gasteiger partial charge in [-0.25, -0.2) is 4.79 Å². The van der Waals surface area contributed by atoms with Crippen molar-refractivity contribution in [1.82, 2.24) is 0 Å². The van der Waals surface area contributed by atoms with Crippen LogP contribution in [0.15, 0.2) is 11.6 Å². The fourth-order valence-electron chi connectivity index (χ4n) is 1.89. The van der Waals surface area contributed by atoms with Gasteiger partial charge in [-0.05, 0) is 32.1 Å². The van der Waals surface area contributed by atoms with Crippen molar-refractivity contribution in [3.63, 3.8) is 0 Å². The van der Waals surface area contributed by atoms with Gasteiger partial charge in [-0.1, -0.05) is 30.4 Å². The molecule has 16 heavy (non-hydrogen) atoms. The second-order valence-corrected chi connectivity index (χ2v) is 4.11. The number of carbonyl (C=O) groups excluding carboxylic acids is 1. The zero-order valence-corrected chi connectivity index (χ0v) is 10.1. The molecule has 0 aromatic heterocycles. The Morgan fingerprint density at radius 3 is 3.00 bits per heavy atom. The van der Waals surface area contributed by atoms with Crippen LogP contribution in [-0.4, -0.2) is 13.1 Å². The number of methoxy groups -OCH3 is 1. The summed E-state index contributed by atoms with van der Waals surface area (Å²) in [5.41, 5.74) is 1.51. The average Bonchev–Trinajstić information content (AvgIpc) is 2.26. The molecule has 0 aromatic rings. The van der Waals surface area contributed by atoms with E-state index in [9.17, 15) is 4.79 Å². The van der Waals surface area contributed by atoms with E-state index in [1.807, 2.05) is 0 Å². The smallest absolute Gasteiger partial charge is 0.384 e. The second kappa shape index (κ2) is 7.98. The van der Waals surface area contributed by atoms with E-state index in [0.717, 1.165) is 12.8 Å². The largest absolute Gasteiger partial charge is 0.459 e. The molecule has 0 unspecified atom stereocenters. The van der Waals surface area contributed by atoms with Gasteiger partial charge in [0.2, 0.25) is 0 Å². The molecule has 0 spiro atoms. The van der Waals surface area contributed by atoms with Crippen LogP contribution in [0.2, 0.25) is 0 Å². The molecule has 2 nitrogen and oxygen atoms in total. The van der Waals surface area contributed by atoms with Crippen molar-refractivity contribution in [1.29, 1.82) is 0 Å². The van der Waals surface area contributed by atoms with E-state index in [0.29, 0.717) is 0 Å². The number of carbonyl (C=O) groups is 1. The highest BCUT2D eigenvalue weighted by Crippen LogP contribution is 2.20. The van der Waals surface area contributed by atoms with Crippen LogP contribution in [0.4, 0.5) is 0 Å². The predicted octanol–water partition coefficient (Wildman–Crippen LogP) is 3.22. The first-order valence-electron chi connectivity index (χ1n) is 6.07. The van der Waals surface area contributed by atoms with Crippen molar-refractivity contribution in [3.05, 3.63) is 11.6 Å². The molecule has 1 aliphatic rings. The Hall–Kier alpha value is -1.23.